The van der Waals surface area contributed by atoms with Crippen LogP contribution >= 0.6 is 22.4 Å². The van der Waals surface area contributed by atoms with Gasteiger partial charge in [0.05, 0.1) is 11.7 Å². The lowest BCUT2D eigenvalue weighted by Crippen LogP contribution is -2.25. The third-order valence-corrected chi connectivity index (χ3v) is 6.79. The second-order valence-corrected chi connectivity index (χ2v) is 8.87. The molecule has 0 aromatic heterocycles. The van der Waals surface area contributed by atoms with E-state index in [0.29, 0.717) is 35.7 Å². The molecule has 0 fully saturated rings. The number of carbonyl (C=O) groups excluding carboxylic acids is 1. The van der Waals surface area contributed by atoms with Crippen molar-refractivity contribution in [1.29, 1.82) is 0 Å². The molecule has 0 aliphatic carbocycles. The van der Waals surface area contributed by atoms with Crippen molar-refractivity contribution >= 4 is 34.0 Å². The van der Waals surface area contributed by atoms with Crippen LogP contribution < -0.4 is 14.7 Å². The first-order valence-electron chi connectivity index (χ1n) is 8.64. The summed E-state index contributed by atoms with van der Waals surface area (Å²) in [5, 5.41) is 14.4. The van der Waals surface area contributed by atoms with E-state index in [0.717, 1.165) is 5.56 Å². The number of anilines is 1. The summed E-state index contributed by atoms with van der Waals surface area (Å²) in [6.45, 7) is 0.560. The van der Waals surface area contributed by atoms with Crippen LogP contribution in [0.3, 0.4) is 0 Å². The summed E-state index contributed by atoms with van der Waals surface area (Å²) in [6.07, 6.45) is 1.18. The van der Waals surface area contributed by atoms with E-state index in [-0.39, 0.29) is 17.4 Å². The SMILES string of the molecule is CN1c2ccccc2C(NCCCCC(=O)[O-])c2ccc(Cl)cc2S1([O-])O. The van der Waals surface area contributed by atoms with Crippen molar-refractivity contribution in [3.63, 3.8) is 0 Å². The maximum absolute atomic E-state index is 13.2. The number of nitrogens with one attached hydrogen (secondary N) is 1. The van der Waals surface area contributed by atoms with Gasteiger partial charge in [0.2, 0.25) is 0 Å². The van der Waals surface area contributed by atoms with Gasteiger partial charge < -0.3 is 28.6 Å². The van der Waals surface area contributed by atoms with Crippen LogP contribution in [-0.4, -0.2) is 28.7 Å². The normalized spacial score (nSPS) is 23.7. The maximum atomic E-state index is 13.2. The molecular formula is C19H21ClN2O4S-2. The molecule has 0 bridgehead atoms. The molecule has 0 spiro atoms. The number of nitrogens with zero attached hydrogens (tertiary/aromatic N) is 1. The third-order valence-electron chi connectivity index (χ3n) is 4.69. The molecule has 146 valence electrons. The number of hydrogen-bond acceptors (Lipinski definition) is 6. The Morgan fingerprint density at radius 1 is 1.26 bits per heavy atom. The number of para-hydroxylation sites is 1. The average molecular weight is 409 g/mol. The quantitative estimate of drug-likeness (QED) is 0.712. The van der Waals surface area contributed by atoms with Crippen molar-refractivity contribution in [1.82, 2.24) is 5.32 Å². The largest absolute Gasteiger partial charge is 0.746 e. The smallest absolute Gasteiger partial charge is 0.0615 e. The molecule has 6 nitrogen and oxygen atoms in total. The van der Waals surface area contributed by atoms with Crippen LogP contribution in [0.4, 0.5) is 5.69 Å². The van der Waals surface area contributed by atoms with E-state index < -0.39 is 16.7 Å². The Balaban J connectivity index is 1.99. The fraction of sp³-hybridized carbons (Fsp3) is 0.316. The van der Waals surface area contributed by atoms with E-state index in [1.165, 1.54) is 10.4 Å². The topological polar surface area (TPSA) is 98.7 Å². The van der Waals surface area contributed by atoms with Gasteiger partial charge in [0.25, 0.3) is 0 Å². The minimum Gasteiger partial charge on any atom is -0.746 e. The number of hydrogen-bond donors (Lipinski definition) is 2. The van der Waals surface area contributed by atoms with Crippen LogP contribution in [-0.2, 0) is 4.79 Å². The predicted octanol–water partition coefficient (Wildman–Crippen LogP) is 3.07. The van der Waals surface area contributed by atoms with Crippen molar-refractivity contribution in [2.24, 2.45) is 0 Å². The molecule has 3 rings (SSSR count). The Morgan fingerprint density at radius 3 is 2.74 bits per heavy atom. The Labute approximate surface area is 165 Å². The predicted molar refractivity (Wildman–Crippen MR) is 104 cm³/mol. The van der Waals surface area contributed by atoms with Crippen molar-refractivity contribution in [3.05, 3.63) is 58.6 Å². The van der Waals surface area contributed by atoms with Crippen LogP contribution in [0.1, 0.15) is 36.4 Å². The Bertz CT molecular complexity index is 846. The van der Waals surface area contributed by atoms with Crippen molar-refractivity contribution < 1.29 is 19.0 Å². The fourth-order valence-corrected chi connectivity index (χ4v) is 5.04. The first-order valence-corrected chi connectivity index (χ1v) is 10.5. The van der Waals surface area contributed by atoms with Crippen LogP contribution in [0.5, 0.6) is 0 Å². The monoisotopic (exact) mass is 408 g/mol. The number of carboxylic acids is 1. The van der Waals surface area contributed by atoms with Gasteiger partial charge in [-0.3, -0.25) is 10.8 Å². The number of aliphatic carboxylic acids is 1. The summed E-state index contributed by atoms with van der Waals surface area (Å²) in [5.74, 6) is -1.06. The second kappa shape index (κ2) is 8.08. The van der Waals surface area contributed by atoms with Crippen molar-refractivity contribution in [2.45, 2.75) is 30.2 Å². The highest BCUT2D eigenvalue weighted by Crippen LogP contribution is 2.59. The molecule has 1 aliphatic heterocycles. The number of carboxylic acid groups (broad SMARTS) is 1. The molecule has 2 aromatic carbocycles. The maximum Gasteiger partial charge on any atom is 0.0615 e. The molecule has 2 aromatic rings. The lowest BCUT2D eigenvalue weighted by molar-refractivity contribution is -0.305. The zero-order valence-electron chi connectivity index (χ0n) is 14.9. The van der Waals surface area contributed by atoms with Gasteiger partial charge in [-0.1, -0.05) is 35.9 Å². The van der Waals surface area contributed by atoms with Crippen LogP contribution in [0, 0.1) is 0 Å². The highest BCUT2D eigenvalue weighted by Gasteiger charge is 2.30. The lowest BCUT2D eigenvalue weighted by atomic mass is 9.96. The van der Waals surface area contributed by atoms with Gasteiger partial charge in [0.1, 0.15) is 0 Å². The zero-order valence-corrected chi connectivity index (χ0v) is 16.4. The molecule has 2 atom stereocenters. The van der Waals surface area contributed by atoms with Crippen molar-refractivity contribution in [3.8, 4) is 0 Å². The number of rotatable bonds is 6. The minimum atomic E-state index is -3.50. The van der Waals surface area contributed by atoms with Crippen LogP contribution in [0.2, 0.25) is 5.02 Å². The van der Waals surface area contributed by atoms with Gasteiger partial charge in [-0.05, 0) is 55.1 Å². The van der Waals surface area contributed by atoms with Gasteiger partial charge in [-0.15, -0.1) is 0 Å². The fourth-order valence-electron chi connectivity index (χ4n) is 3.30. The minimum absolute atomic E-state index is 0.0162. The molecule has 2 unspecified atom stereocenters. The summed E-state index contributed by atoms with van der Waals surface area (Å²) in [7, 11) is -1.91. The molecule has 0 amide bonds. The van der Waals surface area contributed by atoms with Crippen LogP contribution in [0.15, 0.2) is 47.4 Å². The molecule has 0 saturated heterocycles. The summed E-state index contributed by atoms with van der Waals surface area (Å²) < 4.78 is 25.4. The number of fused-ring (bicyclic) bond motifs is 2. The first kappa shape index (κ1) is 20.0. The van der Waals surface area contributed by atoms with Gasteiger partial charge in [-0.2, -0.15) is 0 Å². The molecule has 1 aliphatic rings. The van der Waals surface area contributed by atoms with E-state index in [9.17, 15) is 19.0 Å². The Morgan fingerprint density at radius 2 is 2.00 bits per heavy atom. The second-order valence-electron chi connectivity index (χ2n) is 6.45. The summed E-state index contributed by atoms with van der Waals surface area (Å²) in [5.41, 5.74) is 2.22. The van der Waals surface area contributed by atoms with E-state index in [2.05, 4.69) is 5.32 Å². The zero-order chi connectivity index (χ0) is 19.6. The highest BCUT2D eigenvalue weighted by atomic mass is 35.5. The molecule has 1 heterocycles. The standard InChI is InChI=1S/C19H23ClN2O4S/c1-22-16-7-3-2-6-14(16)19(21-11-5-4-8-18(23)24)15-10-9-13(20)12-17(15)27(22,25)26/h2-3,6-7,9-10,12,19,21,25-26H,4-5,8,11H2,1H3,(H,23,24)/p-2. The van der Waals surface area contributed by atoms with E-state index in [4.69, 9.17) is 11.6 Å². The van der Waals surface area contributed by atoms with E-state index in [1.807, 2.05) is 24.3 Å². The highest BCUT2D eigenvalue weighted by molar-refractivity contribution is 8.25. The Hall–Kier alpha value is -1.77. The van der Waals surface area contributed by atoms with E-state index in [1.54, 1.807) is 19.2 Å². The summed E-state index contributed by atoms with van der Waals surface area (Å²) in [6, 6.07) is 12.1. The average Bonchev–Trinajstić information content (AvgIpc) is 2.70. The molecule has 8 heteroatoms. The van der Waals surface area contributed by atoms with Gasteiger partial charge in [-0.25, -0.2) is 0 Å². The molecule has 0 saturated carbocycles. The molecule has 27 heavy (non-hydrogen) atoms. The van der Waals surface area contributed by atoms with Crippen molar-refractivity contribution in [2.75, 3.05) is 17.9 Å². The number of benzene rings is 2. The van der Waals surface area contributed by atoms with E-state index >= 15 is 0 Å². The molecule has 0 radical (unpaired) electrons. The molecular weight excluding hydrogens is 388 g/mol. The van der Waals surface area contributed by atoms with Gasteiger partial charge in [0, 0.05) is 22.9 Å². The summed E-state index contributed by atoms with van der Waals surface area (Å²) in [4.78, 5) is 10.8. The number of carbonyl (C=O) groups is 1. The van der Waals surface area contributed by atoms with Crippen LogP contribution in [0.25, 0.3) is 0 Å². The van der Waals surface area contributed by atoms with Gasteiger partial charge in [0.15, 0.2) is 0 Å². The first-order chi connectivity index (χ1) is 12.8. The number of halogens is 1. The number of unbranched alkanes of at least 4 members (excludes halogenated alkanes) is 1. The lowest BCUT2D eigenvalue weighted by Gasteiger charge is -2.53. The Kier molecular flexibility index (Phi) is 5.98. The third kappa shape index (κ3) is 4.07. The molecule has 2 N–H and O–H groups in total. The summed E-state index contributed by atoms with van der Waals surface area (Å²) >= 11 is 6.10. The van der Waals surface area contributed by atoms with Gasteiger partial charge >= 0.3 is 0 Å².